The second-order valence-electron chi connectivity index (χ2n) is 15.8. The average molecular weight is 811 g/mol. The number of nitrogens with zero attached hydrogens (tertiary/aromatic N) is 2. The summed E-state index contributed by atoms with van der Waals surface area (Å²) in [6.45, 7) is 12.3. The van der Waals surface area contributed by atoms with Gasteiger partial charge in [0.05, 0.1) is 6.04 Å². The van der Waals surface area contributed by atoms with Crippen molar-refractivity contribution in [3.8, 4) is 0 Å². The number of piperazine rings is 1. The zero-order valence-corrected chi connectivity index (χ0v) is 34.1. The van der Waals surface area contributed by atoms with Crippen molar-refractivity contribution in [1.82, 2.24) is 29.9 Å². The fourth-order valence-corrected chi connectivity index (χ4v) is 7.86. The zero-order valence-electron chi connectivity index (χ0n) is 33.3. The first-order valence-electron chi connectivity index (χ1n) is 19.5. The minimum Gasteiger partial charge on any atom is -0.444 e. The smallest absolute Gasteiger partial charge is 0.410 e. The maximum absolute atomic E-state index is 15.4. The summed E-state index contributed by atoms with van der Waals surface area (Å²) >= 11 is 0. The molecular formula is C39H60F2N6O8S. The highest BCUT2D eigenvalue weighted by molar-refractivity contribution is 7.87. The SMILES string of the molecule is C=CC[C@H](NC(=O)C(Cc1ccccc1)NS(=O)(=O)N1CCN(C(=O)OC(C)(C)C)CC1)C(=O)N[C@@H](CC1CCCCC1)C(=O)C(F)(F)C(=O)NC[C@@H](C)CC. The molecule has 0 radical (unpaired) electrons. The highest BCUT2D eigenvalue weighted by atomic mass is 32.2. The Kier molecular flexibility index (Phi) is 17.4. The molecule has 0 aromatic heterocycles. The number of carbonyl (C=O) groups excluding carboxylic acids is 5. The Morgan fingerprint density at radius 2 is 1.52 bits per heavy atom. The monoisotopic (exact) mass is 810 g/mol. The van der Waals surface area contributed by atoms with E-state index < -0.39 is 69.5 Å². The lowest BCUT2D eigenvalue weighted by atomic mass is 9.83. The molecular weight excluding hydrogens is 751 g/mol. The van der Waals surface area contributed by atoms with E-state index in [1.807, 2.05) is 6.92 Å². The van der Waals surface area contributed by atoms with Crippen molar-refractivity contribution in [1.29, 1.82) is 0 Å². The van der Waals surface area contributed by atoms with Crippen molar-refractivity contribution >= 4 is 39.8 Å². The van der Waals surface area contributed by atoms with E-state index in [1.54, 1.807) is 58.0 Å². The Morgan fingerprint density at radius 1 is 0.929 bits per heavy atom. The highest BCUT2D eigenvalue weighted by Crippen LogP contribution is 2.30. The van der Waals surface area contributed by atoms with Gasteiger partial charge in [0.25, 0.3) is 16.1 Å². The molecule has 1 aromatic carbocycles. The summed E-state index contributed by atoms with van der Waals surface area (Å²) in [7, 11) is -4.33. The predicted octanol–water partition coefficient (Wildman–Crippen LogP) is 3.87. The summed E-state index contributed by atoms with van der Waals surface area (Å²) in [4.78, 5) is 67.7. The number of benzene rings is 1. The number of ketones is 1. The van der Waals surface area contributed by atoms with Gasteiger partial charge in [-0.25, -0.2) is 4.79 Å². The van der Waals surface area contributed by atoms with E-state index >= 15 is 8.78 Å². The molecule has 3 rings (SSSR count). The number of Topliss-reactive ketones (excluding diaryl/α,β-unsaturated/α-hetero) is 1. The molecule has 0 spiro atoms. The number of ether oxygens (including phenoxy) is 1. The van der Waals surface area contributed by atoms with Crippen LogP contribution in [0.2, 0.25) is 0 Å². The van der Waals surface area contributed by atoms with Crippen molar-refractivity contribution in [3.63, 3.8) is 0 Å². The van der Waals surface area contributed by atoms with Gasteiger partial charge in [0.1, 0.15) is 17.7 Å². The third kappa shape index (κ3) is 14.2. The summed E-state index contributed by atoms with van der Waals surface area (Å²) < 4.78 is 67.1. The molecule has 1 saturated carbocycles. The minimum atomic E-state index is -4.44. The van der Waals surface area contributed by atoms with Crippen molar-refractivity contribution in [2.75, 3.05) is 32.7 Å². The number of alkyl halides is 2. The van der Waals surface area contributed by atoms with Gasteiger partial charge in [-0.1, -0.05) is 88.8 Å². The molecule has 2 aliphatic rings. The summed E-state index contributed by atoms with van der Waals surface area (Å²) in [6.07, 6.45) is 4.88. The molecule has 4 N–H and O–H groups in total. The molecule has 1 saturated heterocycles. The lowest BCUT2D eigenvalue weighted by Crippen LogP contribution is -2.60. The van der Waals surface area contributed by atoms with Gasteiger partial charge in [-0.2, -0.15) is 26.2 Å². The second kappa shape index (κ2) is 21.0. The van der Waals surface area contributed by atoms with Crippen molar-refractivity contribution in [2.24, 2.45) is 11.8 Å². The number of amides is 4. The molecule has 314 valence electrons. The fourth-order valence-electron chi connectivity index (χ4n) is 6.51. The molecule has 1 aromatic rings. The Hall–Kier alpha value is -3.96. The summed E-state index contributed by atoms with van der Waals surface area (Å²) in [6, 6.07) is 3.96. The van der Waals surface area contributed by atoms with Crippen LogP contribution >= 0.6 is 0 Å². The number of halogens is 2. The first kappa shape index (κ1) is 46.4. The molecule has 14 nitrogen and oxygen atoms in total. The third-order valence-electron chi connectivity index (χ3n) is 9.99. The van der Waals surface area contributed by atoms with E-state index in [-0.39, 0.29) is 63.8 Å². The zero-order chi connectivity index (χ0) is 41.7. The van der Waals surface area contributed by atoms with Gasteiger partial charge < -0.3 is 25.6 Å². The lowest BCUT2D eigenvalue weighted by molar-refractivity contribution is -0.160. The Balaban J connectivity index is 1.81. The van der Waals surface area contributed by atoms with E-state index in [2.05, 4.69) is 27.3 Å². The number of nitrogens with one attached hydrogen (secondary N) is 4. The van der Waals surface area contributed by atoms with Gasteiger partial charge in [0.2, 0.25) is 17.6 Å². The maximum Gasteiger partial charge on any atom is 0.410 e. The number of hydrogen-bond donors (Lipinski definition) is 4. The predicted molar refractivity (Wildman–Crippen MR) is 208 cm³/mol. The highest BCUT2D eigenvalue weighted by Gasteiger charge is 2.51. The van der Waals surface area contributed by atoms with Crippen LogP contribution in [0.4, 0.5) is 13.6 Å². The lowest BCUT2D eigenvalue weighted by Gasteiger charge is -2.35. The van der Waals surface area contributed by atoms with E-state index in [4.69, 9.17) is 4.74 Å². The Labute approximate surface area is 330 Å². The van der Waals surface area contributed by atoms with Crippen LogP contribution < -0.4 is 20.7 Å². The molecule has 56 heavy (non-hydrogen) atoms. The van der Waals surface area contributed by atoms with Crippen LogP contribution in [0, 0.1) is 11.8 Å². The molecule has 4 amide bonds. The van der Waals surface area contributed by atoms with Gasteiger partial charge in [-0.15, -0.1) is 6.58 Å². The van der Waals surface area contributed by atoms with E-state index in [9.17, 15) is 32.4 Å². The van der Waals surface area contributed by atoms with Crippen molar-refractivity contribution in [3.05, 3.63) is 48.6 Å². The summed E-state index contributed by atoms with van der Waals surface area (Å²) in [5, 5.41) is 7.10. The molecule has 17 heteroatoms. The van der Waals surface area contributed by atoms with Crippen LogP contribution in [0.3, 0.4) is 0 Å². The van der Waals surface area contributed by atoms with Gasteiger partial charge >= 0.3 is 12.0 Å². The number of carbonyl (C=O) groups is 5. The molecule has 0 bridgehead atoms. The average Bonchev–Trinajstić information content (AvgIpc) is 3.15. The largest absolute Gasteiger partial charge is 0.444 e. The Bertz CT molecular complexity index is 1610. The van der Waals surface area contributed by atoms with Gasteiger partial charge in [0.15, 0.2) is 0 Å². The normalized spacial score (nSPS) is 18.2. The van der Waals surface area contributed by atoms with Crippen LogP contribution in [-0.2, 0) is 40.5 Å². The van der Waals surface area contributed by atoms with Crippen LogP contribution in [0.5, 0.6) is 0 Å². The summed E-state index contributed by atoms with van der Waals surface area (Å²) in [5.74, 6) is -10.0. The molecule has 1 aliphatic carbocycles. The quantitative estimate of drug-likeness (QED) is 0.120. The summed E-state index contributed by atoms with van der Waals surface area (Å²) in [5.41, 5.74) is -0.137. The second-order valence-corrected chi connectivity index (χ2v) is 17.5. The van der Waals surface area contributed by atoms with Crippen LogP contribution in [-0.4, -0.2) is 110 Å². The van der Waals surface area contributed by atoms with Crippen molar-refractivity contribution in [2.45, 2.75) is 122 Å². The standard InChI is InChI=1S/C39H60F2N6O8S/c1-7-15-30(34(49)44-31(24-28-16-11-9-12-17-28)33(48)39(40,41)36(51)42-26-27(3)8-2)43-35(50)32(25-29-18-13-10-14-19-29)45-56(53,54)47-22-20-46(21-23-47)37(52)55-38(4,5)6/h7,10,13-14,18-19,27-28,30-32,45H,1,8-9,11-12,15-17,20-26H2,2-6H3,(H,42,51)(H,43,50)(H,44,49)/t27-,30-,31-,32?/m0/s1. The topological polar surface area (TPSA) is 183 Å². The minimum absolute atomic E-state index is 0.0479. The maximum atomic E-state index is 15.4. The number of rotatable bonds is 19. The molecule has 1 aliphatic heterocycles. The molecule has 1 unspecified atom stereocenters. The van der Waals surface area contributed by atoms with Gasteiger partial charge in [-0.05, 0) is 57.4 Å². The van der Waals surface area contributed by atoms with E-state index in [1.165, 1.54) is 11.0 Å². The van der Waals surface area contributed by atoms with Crippen LogP contribution in [0.25, 0.3) is 0 Å². The molecule has 4 atom stereocenters. The van der Waals surface area contributed by atoms with E-state index in [0.717, 1.165) is 23.6 Å². The van der Waals surface area contributed by atoms with Gasteiger partial charge in [0, 0.05) is 32.7 Å². The molecule has 2 fully saturated rings. The first-order chi connectivity index (χ1) is 26.3. The van der Waals surface area contributed by atoms with Crippen molar-refractivity contribution < 1.29 is 45.9 Å². The molecule has 1 heterocycles. The van der Waals surface area contributed by atoms with Crippen LogP contribution in [0.15, 0.2) is 43.0 Å². The van der Waals surface area contributed by atoms with Crippen LogP contribution in [0.1, 0.15) is 91.5 Å². The first-order valence-corrected chi connectivity index (χ1v) is 20.9. The Morgan fingerprint density at radius 3 is 2.09 bits per heavy atom. The third-order valence-corrected chi connectivity index (χ3v) is 11.6. The van der Waals surface area contributed by atoms with E-state index in [0.29, 0.717) is 24.8 Å². The fraction of sp³-hybridized carbons (Fsp3) is 0.667. The number of hydrogen-bond acceptors (Lipinski definition) is 8. The van der Waals surface area contributed by atoms with Gasteiger partial charge in [-0.3, -0.25) is 19.2 Å².